The first-order valence-electron chi connectivity index (χ1n) is 8.97. The Hall–Kier alpha value is -3.26. The highest BCUT2D eigenvalue weighted by molar-refractivity contribution is 9.10. The lowest BCUT2D eigenvalue weighted by Gasteiger charge is -2.15. The minimum absolute atomic E-state index is 0.0539. The number of hydroxylamine groups is 1. The first-order chi connectivity index (χ1) is 15.1. The van der Waals surface area contributed by atoms with Crippen LogP contribution in [-0.4, -0.2) is 51.2 Å². The summed E-state index contributed by atoms with van der Waals surface area (Å²) in [4.78, 5) is 30.5. The average molecular weight is 516 g/mol. The lowest BCUT2D eigenvalue weighted by Crippen LogP contribution is -2.29. The van der Waals surface area contributed by atoms with Gasteiger partial charge in [0.25, 0.3) is 17.8 Å². The summed E-state index contributed by atoms with van der Waals surface area (Å²) < 4.78 is 43.1. The number of hydrogen-bond donors (Lipinski definition) is 1. The highest BCUT2D eigenvalue weighted by atomic mass is 79.9. The summed E-state index contributed by atoms with van der Waals surface area (Å²) in [5.74, 6) is -0.537. The van der Waals surface area contributed by atoms with E-state index in [1.165, 1.54) is 35.3 Å². The van der Waals surface area contributed by atoms with Gasteiger partial charge in [0.1, 0.15) is 5.75 Å². The fourth-order valence-corrected chi connectivity index (χ4v) is 3.06. The molecule has 0 aliphatic heterocycles. The van der Waals surface area contributed by atoms with E-state index in [-0.39, 0.29) is 27.8 Å². The Kier molecular flexibility index (Phi) is 6.93. The molecule has 0 unspecified atom stereocenters. The lowest BCUT2D eigenvalue weighted by molar-refractivity contribution is -0.274. The predicted molar refractivity (Wildman–Crippen MR) is 109 cm³/mol. The molecule has 3 aromatic rings. The fourth-order valence-electron chi connectivity index (χ4n) is 2.59. The first kappa shape index (κ1) is 23.4. The molecule has 0 fully saturated rings. The second-order valence-corrected chi connectivity index (χ2v) is 7.24. The second kappa shape index (κ2) is 9.48. The van der Waals surface area contributed by atoms with Crippen LogP contribution in [0.3, 0.4) is 0 Å². The molecule has 1 amide bonds. The quantitative estimate of drug-likeness (QED) is 0.478. The maximum absolute atomic E-state index is 12.8. The molecule has 0 aliphatic rings. The largest absolute Gasteiger partial charge is 0.573 e. The van der Waals surface area contributed by atoms with Gasteiger partial charge in [0, 0.05) is 29.5 Å². The molecule has 0 bridgehead atoms. The predicted octanol–water partition coefficient (Wildman–Crippen LogP) is 3.21. The number of nitrogens with zero attached hydrogens (tertiary/aromatic N) is 6. The van der Waals surface area contributed by atoms with E-state index in [4.69, 9.17) is 4.84 Å². The number of hydrogen-bond acceptors (Lipinski definition) is 8. The minimum atomic E-state index is -4.89. The van der Waals surface area contributed by atoms with Gasteiger partial charge in [-0.3, -0.25) is 9.63 Å². The third kappa shape index (κ3) is 5.70. The molecule has 1 aromatic carbocycles. The number of ether oxygens (including phenoxy) is 1. The van der Waals surface area contributed by atoms with E-state index in [1.807, 2.05) is 0 Å². The molecule has 10 nitrogen and oxygen atoms in total. The lowest BCUT2D eigenvalue weighted by atomic mass is 10.2. The normalized spacial score (nSPS) is 12.3. The van der Waals surface area contributed by atoms with Gasteiger partial charge in [0.15, 0.2) is 5.82 Å². The number of alkyl halides is 3. The zero-order chi connectivity index (χ0) is 23.5. The van der Waals surface area contributed by atoms with E-state index in [0.717, 1.165) is 12.1 Å². The zero-order valence-corrected chi connectivity index (χ0v) is 18.5. The van der Waals surface area contributed by atoms with Gasteiger partial charge in [-0.2, -0.15) is 9.67 Å². The van der Waals surface area contributed by atoms with Crippen molar-refractivity contribution in [1.82, 2.24) is 30.0 Å². The highest BCUT2D eigenvalue weighted by Gasteiger charge is 2.31. The maximum Gasteiger partial charge on any atom is 0.573 e. The van der Waals surface area contributed by atoms with Crippen molar-refractivity contribution in [1.29, 1.82) is 0 Å². The van der Waals surface area contributed by atoms with Gasteiger partial charge < -0.3 is 10.1 Å². The molecule has 170 valence electrons. The summed E-state index contributed by atoms with van der Waals surface area (Å²) in [5.41, 5.74) is -0.0539. The van der Waals surface area contributed by atoms with Crippen molar-refractivity contribution in [3.63, 3.8) is 0 Å². The molecule has 0 aliphatic carbocycles. The molecule has 14 heteroatoms. The van der Waals surface area contributed by atoms with Crippen molar-refractivity contribution in [3.05, 3.63) is 52.5 Å². The maximum atomic E-state index is 12.8. The van der Waals surface area contributed by atoms with Gasteiger partial charge in [0.05, 0.1) is 13.2 Å². The average Bonchev–Trinajstić information content (AvgIpc) is 3.17. The smallest absolute Gasteiger partial charge is 0.406 e. The number of aromatic nitrogens is 5. The highest BCUT2D eigenvalue weighted by Crippen LogP contribution is 2.27. The van der Waals surface area contributed by atoms with Gasteiger partial charge in [-0.15, -0.1) is 18.3 Å². The number of carbonyl (C=O) groups is 1. The fraction of sp³-hybridized carbons (Fsp3) is 0.278. The van der Waals surface area contributed by atoms with Crippen molar-refractivity contribution in [2.24, 2.45) is 0 Å². The van der Waals surface area contributed by atoms with Crippen molar-refractivity contribution in [2.75, 3.05) is 19.2 Å². The summed E-state index contributed by atoms with van der Waals surface area (Å²) in [7, 11) is 3.01. The van der Waals surface area contributed by atoms with Crippen LogP contribution in [0.4, 0.5) is 19.1 Å². The molecule has 2 aromatic heterocycles. The number of carbonyl (C=O) groups excluding carboxylic acids is 1. The Labute approximate surface area is 188 Å². The third-order valence-corrected chi connectivity index (χ3v) is 4.48. The van der Waals surface area contributed by atoms with Crippen LogP contribution in [-0.2, 0) is 4.84 Å². The number of benzene rings is 1. The first-order valence-corrected chi connectivity index (χ1v) is 9.76. The van der Waals surface area contributed by atoms with E-state index in [2.05, 4.69) is 46.0 Å². The monoisotopic (exact) mass is 515 g/mol. The summed E-state index contributed by atoms with van der Waals surface area (Å²) in [6, 6.07) is 4.34. The van der Waals surface area contributed by atoms with E-state index >= 15 is 0 Å². The molecule has 0 radical (unpaired) electrons. The van der Waals surface area contributed by atoms with Crippen LogP contribution in [0.25, 0.3) is 5.95 Å². The van der Waals surface area contributed by atoms with Crippen molar-refractivity contribution >= 4 is 27.8 Å². The van der Waals surface area contributed by atoms with Crippen molar-refractivity contribution in [3.8, 4) is 11.7 Å². The van der Waals surface area contributed by atoms with Gasteiger partial charge in [-0.25, -0.2) is 15.0 Å². The van der Waals surface area contributed by atoms with Gasteiger partial charge in [-0.05, 0) is 31.2 Å². The third-order valence-electron chi connectivity index (χ3n) is 4.02. The van der Waals surface area contributed by atoms with Crippen LogP contribution in [0.1, 0.15) is 29.1 Å². The molecule has 0 saturated carbocycles. The standard InChI is InChI=1S/C18H17BrF3N7O3/c1-10(25-15(30)11-7-12(19)9-13(8-11)32-18(20,21)22)14-26-17(28(2)31-3)27-29(14)16-23-5-4-6-24-16/h4-10H,1-3H3,(H,25,30)/t10-/m0/s1. The van der Waals surface area contributed by atoms with Crippen LogP contribution in [0.5, 0.6) is 5.75 Å². The van der Waals surface area contributed by atoms with E-state index < -0.39 is 24.1 Å². The molecule has 3 rings (SSSR count). The number of amides is 1. The molecule has 1 atom stereocenters. The topological polar surface area (TPSA) is 107 Å². The van der Waals surface area contributed by atoms with Crippen molar-refractivity contribution < 1.29 is 27.5 Å². The molecule has 0 saturated heterocycles. The SMILES string of the molecule is CON(C)c1nc([C@H](C)NC(=O)c2cc(Br)cc(OC(F)(F)F)c2)n(-c2ncccn2)n1. The summed E-state index contributed by atoms with van der Waals surface area (Å²) in [6.07, 6.45) is -1.86. The molecular formula is C18H17BrF3N7O3. The number of nitrogens with one attached hydrogen (secondary N) is 1. The van der Waals surface area contributed by atoms with E-state index in [9.17, 15) is 18.0 Å². The minimum Gasteiger partial charge on any atom is -0.406 e. The van der Waals surface area contributed by atoms with Crippen LogP contribution in [0.2, 0.25) is 0 Å². The van der Waals surface area contributed by atoms with Crippen LogP contribution >= 0.6 is 15.9 Å². The molecular weight excluding hydrogens is 499 g/mol. The van der Waals surface area contributed by atoms with Crippen molar-refractivity contribution in [2.45, 2.75) is 19.3 Å². The molecule has 32 heavy (non-hydrogen) atoms. The molecule has 2 heterocycles. The van der Waals surface area contributed by atoms with Gasteiger partial charge in [-0.1, -0.05) is 15.9 Å². The van der Waals surface area contributed by atoms with E-state index in [0.29, 0.717) is 0 Å². The second-order valence-electron chi connectivity index (χ2n) is 6.33. The summed E-state index contributed by atoms with van der Waals surface area (Å²) >= 11 is 3.08. The Balaban J connectivity index is 1.89. The summed E-state index contributed by atoms with van der Waals surface area (Å²) in [6.45, 7) is 1.63. The Morgan fingerprint density at radius 3 is 2.56 bits per heavy atom. The number of rotatable bonds is 7. The van der Waals surface area contributed by atoms with Crippen LogP contribution < -0.4 is 15.1 Å². The zero-order valence-electron chi connectivity index (χ0n) is 17.0. The van der Waals surface area contributed by atoms with Crippen LogP contribution in [0.15, 0.2) is 41.1 Å². The Morgan fingerprint density at radius 1 is 1.25 bits per heavy atom. The number of halogens is 4. The number of anilines is 1. The summed E-state index contributed by atoms with van der Waals surface area (Å²) in [5, 5.41) is 8.27. The van der Waals surface area contributed by atoms with Gasteiger partial charge >= 0.3 is 6.36 Å². The Bertz CT molecular complexity index is 1100. The van der Waals surface area contributed by atoms with Gasteiger partial charge in [0.2, 0.25) is 0 Å². The van der Waals surface area contributed by atoms with E-state index in [1.54, 1.807) is 20.0 Å². The van der Waals surface area contributed by atoms with Crippen LogP contribution in [0, 0.1) is 0 Å². The Morgan fingerprint density at radius 2 is 1.94 bits per heavy atom. The molecule has 1 N–H and O–H groups in total. The molecule has 0 spiro atoms.